The average Bonchev–Trinajstić information content (AvgIpc) is 3.00. The third-order valence-corrected chi connectivity index (χ3v) is 5.15. The summed E-state index contributed by atoms with van der Waals surface area (Å²) in [6, 6.07) is 6.71. The SMILES string of the molecule is CC(C)=C1C(=O)N(N(C)C)C(=O)/C1=C(/c1c(C)n(C)c2ccccc12)C(F)(F)F. The van der Waals surface area contributed by atoms with E-state index < -0.39 is 29.1 Å². The Hall–Kier alpha value is -2.87. The van der Waals surface area contributed by atoms with Crippen LogP contribution in [0.1, 0.15) is 25.1 Å². The van der Waals surface area contributed by atoms with E-state index in [2.05, 4.69) is 0 Å². The highest BCUT2D eigenvalue weighted by Crippen LogP contribution is 2.46. The molecule has 8 heteroatoms. The molecular weight excluding hydrogens is 383 g/mol. The van der Waals surface area contributed by atoms with Crippen LogP contribution >= 0.6 is 0 Å². The summed E-state index contributed by atoms with van der Waals surface area (Å²) in [6.07, 6.45) is -4.84. The summed E-state index contributed by atoms with van der Waals surface area (Å²) < 4.78 is 45.0. The number of carbonyl (C=O) groups excluding carboxylic acids is 2. The Bertz CT molecular complexity index is 1100. The smallest absolute Gasteiger partial charge is 0.347 e. The summed E-state index contributed by atoms with van der Waals surface area (Å²) in [6.45, 7) is 4.64. The lowest BCUT2D eigenvalue weighted by Gasteiger charge is -2.21. The van der Waals surface area contributed by atoms with E-state index in [4.69, 9.17) is 0 Å². The van der Waals surface area contributed by atoms with Crippen molar-refractivity contribution in [1.29, 1.82) is 0 Å². The predicted octanol–water partition coefficient (Wildman–Crippen LogP) is 3.98. The van der Waals surface area contributed by atoms with Crippen LogP contribution in [0.2, 0.25) is 0 Å². The zero-order chi connectivity index (χ0) is 21.8. The monoisotopic (exact) mass is 405 g/mol. The first kappa shape index (κ1) is 20.9. The summed E-state index contributed by atoms with van der Waals surface area (Å²) in [5, 5.41) is 2.32. The largest absolute Gasteiger partial charge is 0.417 e. The summed E-state index contributed by atoms with van der Waals surface area (Å²) >= 11 is 0. The van der Waals surface area contributed by atoms with Crippen molar-refractivity contribution in [2.75, 3.05) is 14.1 Å². The van der Waals surface area contributed by atoms with E-state index >= 15 is 0 Å². The molecule has 0 bridgehead atoms. The van der Waals surface area contributed by atoms with Crippen LogP contribution in [0.5, 0.6) is 0 Å². The number of benzene rings is 1. The predicted molar refractivity (Wildman–Crippen MR) is 105 cm³/mol. The number of alkyl halides is 3. The molecule has 3 rings (SSSR count). The lowest BCUT2D eigenvalue weighted by molar-refractivity contribution is -0.150. The minimum Gasteiger partial charge on any atom is -0.347 e. The van der Waals surface area contributed by atoms with Gasteiger partial charge in [-0.05, 0) is 26.8 Å². The van der Waals surface area contributed by atoms with Crippen molar-refractivity contribution in [2.45, 2.75) is 26.9 Å². The van der Waals surface area contributed by atoms with E-state index in [0.29, 0.717) is 22.2 Å². The van der Waals surface area contributed by atoms with Crippen LogP contribution in [0, 0.1) is 6.92 Å². The first-order chi connectivity index (χ1) is 13.4. The number of hydrogen-bond acceptors (Lipinski definition) is 3. The topological polar surface area (TPSA) is 45.6 Å². The highest BCUT2D eigenvalue weighted by atomic mass is 19.4. The molecular formula is C21H22F3N3O2. The maximum atomic E-state index is 14.5. The van der Waals surface area contributed by atoms with Gasteiger partial charge in [-0.25, -0.2) is 10.0 Å². The number of fused-ring (bicyclic) bond motifs is 1. The molecule has 1 saturated heterocycles. The number of nitrogens with zero attached hydrogens (tertiary/aromatic N) is 3. The summed E-state index contributed by atoms with van der Waals surface area (Å²) in [4.78, 5) is 25.9. The molecule has 5 nitrogen and oxygen atoms in total. The molecule has 0 radical (unpaired) electrons. The van der Waals surface area contributed by atoms with Crippen molar-refractivity contribution >= 4 is 28.3 Å². The van der Waals surface area contributed by atoms with Gasteiger partial charge < -0.3 is 4.57 Å². The molecule has 1 aromatic carbocycles. The van der Waals surface area contributed by atoms with Gasteiger partial charge in [-0.15, -0.1) is 0 Å². The van der Waals surface area contributed by atoms with E-state index in [0.717, 1.165) is 5.01 Å². The van der Waals surface area contributed by atoms with E-state index in [9.17, 15) is 22.8 Å². The Morgan fingerprint density at radius 2 is 1.55 bits per heavy atom. The molecule has 2 amide bonds. The highest BCUT2D eigenvalue weighted by Gasteiger charge is 2.49. The van der Waals surface area contributed by atoms with Gasteiger partial charge in [0.15, 0.2) is 0 Å². The fourth-order valence-corrected chi connectivity index (χ4v) is 3.82. The van der Waals surface area contributed by atoms with Gasteiger partial charge in [0.2, 0.25) is 0 Å². The van der Waals surface area contributed by atoms with Crippen molar-refractivity contribution in [3.05, 3.63) is 52.2 Å². The Kier molecular flexibility index (Phi) is 4.94. The molecule has 0 spiro atoms. The molecule has 1 aliphatic rings. The average molecular weight is 405 g/mol. The van der Waals surface area contributed by atoms with Crippen LogP contribution < -0.4 is 0 Å². The minimum absolute atomic E-state index is 0.0777. The maximum Gasteiger partial charge on any atom is 0.417 e. The second kappa shape index (κ2) is 6.88. The molecule has 1 aliphatic heterocycles. The number of aromatic nitrogens is 1. The summed E-state index contributed by atoms with van der Waals surface area (Å²) in [7, 11) is 4.56. The van der Waals surface area contributed by atoms with E-state index in [1.165, 1.54) is 33.0 Å². The maximum absolute atomic E-state index is 14.5. The van der Waals surface area contributed by atoms with E-state index in [1.54, 1.807) is 42.8 Å². The Balaban J connectivity index is 2.54. The molecule has 0 unspecified atom stereocenters. The van der Waals surface area contributed by atoms with Gasteiger partial charge in [0.25, 0.3) is 11.8 Å². The van der Waals surface area contributed by atoms with E-state index in [1.807, 2.05) is 0 Å². The molecule has 29 heavy (non-hydrogen) atoms. The van der Waals surface area contributed by atoms with Crippen LogP contribution in [-0.4, -0.2) is 46.7 Å². The summed E-state index contributed by atoms with van der Waals surface area (Å²) in [5.74, 6) is -1.73. The molecule has 1 aromatic heterocycles. The zero-order valence-corrected chi connectivity index (χ0v) is 17.1. The van der Waals surface area contributed by atoms with Crippen LogP contribution in [0.15, 0.2) is 41.0 Å². The quantitative estimate of drug-likeness (QED) is 0.561. The molecule has 154 valence electrons. The number of hydrogen-bond donors (Lipinski definition) is 0. The van der Waals surface area contributed by atoms with Crippen LogP contribution in [0.25, 0.3) is 16.5 Å². The van der Waals surface area contributed by atoms with Crippen LogP contribution in [0.4, 0.5) is 13.2 Å². The zero-order valence-electron chi connectivity index (χ0n) is 17.1. The normalized spacial score (nSPS) is 17.2. The number of allylic oxidation sites excluding steroid dienone is 2. The fourth-order valence-electron chi connectivity index (χ4n) is 3.82. The number of amides is 2. The molecule has 0 atom stereocenters. The molecule has 1 fully saturated rings. The van der Waals surface area contributed by atoms with Gasteiger partial charge in [0.05, 0.1) is 16.7 Å². The second-order valence-corrected chi connectivity index (χ2v) is 7.43. The van der Waals surface area contributed by atoms with Crippen molar-refractivity contribution in [2.24, 2.45) is 7.05 Å². The number of hydrazine groups is 1. The summed E-state index contributed by atoms with van der Waals surface area (Å²) in [5.41, 5.74) is -0.636. The van der Waals surface area contributed by atoms with Gasteiger partial charge in [-0.1, -0.05) is 23.8 Å². The molecule has 0 aliphatic carbocycles. The van der Waals surface area contributed by atoms with Gasteiger partial charge in [0.1, 0.15) is 0 Å². The highest BCUT2D eigenvalue weighted by molar-refractivity contribution is 6.28. The van der Waals surface area contributed by atoms with Gasteiger partial charge in [-0.2, -0.15) is 13.2 Å². The first-order valence-electron chi connectivity index (χ1n) is 8.99. The number of carbonyl (C=O) groups is 2. The lowest BCUT2D eigenvalue weighted by Crippen LogP contribution is -2.41. The number of imide groups is 1. The van der Waals surface area contributed by atoms with Gasteiger partial charge >= 0.3 is 6.18 Å². The van der Waals surface area contributed by atoms with Gasteiger partial charge in [-0.3, -0.25) is 9.59 Å². The molecule has 2 heterocycles. The Labute approximate surface area is 166 Å². The molecule has 0 saturated carbocycles. The number of para-hydroxylation sites is 1. The third-order valence-electron chi connectivity index (χ3n) is 5.15. The third kappa shape index (κ3) is 3.07. The molecule has 0 N–H and O–H groups in total. The minimum atomic E-state index is -4.84. The lowest BCUT2D eigenvalue weighted by atomic mass is 9.91. The number of halogens is 3. The number of aryl methyl sites for hydroxylation is 1. The van der Waals surface area contributed by atoms with Crippen molar-refractivity contribution in [1.82, 2.24) is 14.6 Å². The number of rotatable bonds is 2. The fraction of sp³-hybridized carbons (Fsp3) is 0.333. The molecule has 2 aromatic rings. The van der Waals surface area contributed by atoms with E-state index in [-0.39, 0.29) is 11.1 Å². The van der Waals surface area contributed by atoms with Crippen molar-refractivity contribution in [3.8, 4) is 0 Å². The van der Waals surface area contributed by atoms with Gasteiger partial charge in [0, 0.05) is 43.3 Å². The van der Waals surface area contributed by atoms with Crippen LogP contribution in [-0.2, 0) is 16.6 Å². The van der Waals surface area contributed by atoms with Crippen molar-refractivity contribution in [3.63, 3.8) is 0 Å². The standard InChI is InChI=1S/C21H22F3N3O2/c1-11(2)15-17(20(29)27(19(15)28)25(4)5)18(21(22,23)24)16-12(3)26(6)14-10-8-7-9-13(14)16/h7-10H,1-6H3/b18-17-. The van der Waals surface area contributed by atoms with Crippen molar-refractivity contribution < 1.29 is 22.8 Å². The van der Waals surface area contributed by atoms with Crippen LogP contribution in [0.3, 0.4) is 0 Å². The second-order valence-electron chi connectivity index (χ2n) is 7.43. The Morgan fingerprint density at radius 3 is 2.07 bits per heavy atom. The Morgan fingerprint density at radius 1 is 1.00 bits per heavy atom. The first-order valence-corrected chi connectivity index (χ1v) is 8.99.